The predicted octanol–water partition coefficient (Wildman–Crippen LogP) is 2.89. The minimum atomic E-state index is -0.907. The molecule has 0 aliphatic heterocycles. The van der Waals surface area contributed by atoms with E-state index in [0.29, 0.717) is 0 Å². The van der Waals surface area contributed by atoms with Crippen LogP contribution in [0.2, 0.25) is 11.9 Å². The van der Waals surface area contributed by atoms with Gasteiger partial charge in [-0.1, -0.05) is 0 Å². The average molecular weight is 354 g/mol. The van der Waals surface area contributed by atoms with Crippen molar-refractivity contribution < 1.29 is 5.48 Å². The molecular formula is C9H23OPb. The minimum absolute atomic E-state index is 0. The maximum Gasteiger partial charge on any atom is -0.412 e. The number of hydrogen-bond donors (Lipinski definition) is 0. The van der Waals surface area contributed by atoms with Gasteiger partial charge in [-0.3, -0.25) is 0 Å². The third-order valence-corrected chi connectivity index (χ3v) is 15.9. The predicted molar refractivity (Wildman–Crippen MR) is 54.7 cm³/mol. The molecule has 0 aliphatic rings. The van der Waals surface area contributed by atoms with E-state index in [9.17, 15) is 0 Å². The Morgan fingerprint density at radius 1 is 0.727 bits per heavy atom. The topological polar surface area (TPSA) is 31.5 Å². The van der Waals surface area contributed by atoms with Crippen LogP contribution in [0.15, 0.2) is 0 Å². The van der Waals surface area contributed by atoms with Crippen LogP contribution >= 0.6 is 0 Å². The Labute approximate surface area is 80.0 Å². The normalized spacial score (nSPS) is 9.82. The quantitative estimate of drug-likeness (QED) is 0.657. The summed E-state index contributed by atoms with van der Waals surface area (Å²) in [5, 5.41) is 0. The maximum absolute atomic E-state index is 2.34. The second kappa shape index (κ2) is 10.9. The van der Waals surface area contributed by atoms with Crippen molar-refractivity contribution in [3.8, 4) is 0 Å². The third-order valence-electron chi connectivity index (χ3n) is 1.81. The zero-order chi connectivity index (χ0) is 7.82. The molecule has 0 saturated heterocycles. The van der Waals surface area contributed by atoms with Crippen LogP contribution in [0.25, 0.3) is 0 Å². The molecule has 0 aliphatic carbocycles. The number of hydrogen-bond acceptors (Lipinski definition) is 0. The molecule has 2 N–H and O–H groups in total. The molecule has 0 spiro atoms. The molecular weight excluding hydrogens is 331 g/mol. The Morgan fingerprint density at radius 2 is 1.00 bits per heavy atom. The first-order valence-electron chi connectivity index (χ1n) is 4.68. The second-order valence-corrected chi connectivity index (χ2v) is 14.7. The molecule has 0 aromatic rings. The van der Waals surface area contributed by atoms with Gasteiger partial charge in [0.25, 0.3) is 0 Å². The van der Waals surface area contributed by atoms with Gasteiger partial charge in [0.05, 0.1) is 0 Å². The van der Waals surface area contributed by atoms with Crippen molar-refractivity contribution in [1.29, 1.82) is 0 Å². The van der Waals surface area contributed by atoms with Crippen LogP contribution in [0.3, 0.4) is 0 Å². The van der Waals surface area contributed by atoms with E-state index >= 15 is 0 Å². The van der Waals surface area contributed by atoms with Crippen LogP contribution in [0.5, 0.6) is 0 Å². The Hall–Kier alpha value is 0.882. The Balaban J connectivity index is 0. The van der Waals surface area contributed by atoms with E-state index < -0.39 is 22.7 Å². The van der Waals surface area contributed by atoms with Crippen LogP contribution in [0.1, 0.15) is 40.0 Å². The zero-order valence-corrected chi connectivity index (χ0v) is 12.1. The minimum Gasteiger partial charge on any atom is -0.412 e. The zero-order valence-electron chi connectivity index (χ0n) is 8.24. The first kappa shape index (κ1) is 14.4. The monoisotopic (exact) mass is 355 g/mol. The van der Waals surface area contributed by atoms with Crippen LogP contribution in [0, 0.1) is 0 Å². The van der Waals surface area contributed by atoms with E-state index in [1.807, 2.05) is 0 Å². The molecule has 69 valence electrons. The average Bonchev–Trinajstić information content (AvgIpc) is 1.90. The molecule has 0 amide bonds. The van der Waals surface area contributed by atoms with Gasteiger partial charge in [-0.15, -0.1) is 0 Å². The maximum atomic E-state index is 2.34. The number of rotatable bonds is 6. The summed E-state index contributed by atoms with van der Waals surface area (Å²) in [5.41, 5.74) is 0. The molecule has 2 heteroatoms. The van der Waals surface area contributed by atoms with Crippen LogP contribution in [0.4, 0.5) is 0 Å². The van der Waals surface area contributed by atoms with Crippen molar-refractivity contribution in [1.82, 2.24) is 0 Å². The molecule has 0 saturated carbocycles. The fourth-order valence-electron chi connectivity index (χ4n) is 1.44. The largest absolute Gasteiger partial charge is 0.412 e. The van der Waals surface area contributed by atoms with Crippen LogP contribution < -0.4 is 0 Å². The van der Waals surface area contributed by atoms with Gasteiger partial charge in [0.15, 0.2) is 0 Å². The summed E-state index contributed by atoms with van der Waals surface area (Å²) in [7, 11) is 0. The van der Waals surface area contributed by atoms with Crippen molar-refractivity contribution in [2.75, 3.05) is 0 Å². The fourth-order valence-corrected chi connectivity index (χ4v) is 12.6. The van der Waals surface area contributed by atoms with E-state index in [-0.39, 0.29) is 5.48 Å². The van der Waals surface area contributed by atoms with Crippen molar-refractivity contribution in [3.05, 3.63) is 0 Å². The van der Waals surface area contributed by atoms with E-state index in [1.165, 1.54) is 19.3 Å². The molecule has 0 aromatic carbocycles. The van der Waals surface area contributed by atoms with Crippen molar-refractivity contribution in [2.24, 2.45) is 0 Å². The van der Waals surface area contributed by atoms with Gasteiger partial charge in [-0.25, -0.2) is 0 Å². The molecule has 0 fully saturated rings. The Kier molecular flexibility index (Phi) is 14.3. The van der Waals surface area contributed by atoms with Gasteiger partial charge < -0.3 is 5.48 Å². The molecule has 0 atom stereocenters. The Morgan fingerprint density at radius 3 is 1.18 bits per heavy atom. The first-order chi connectivity index (χ1) is 4.85. The molecule has 11 heavy (non-hydrogen) atoms. The molecule has 0 heterocycles. The molecule has 0 rings (SSSR count). The van der Waals surface area contributed by atoms with E-state index in [4.69, 9.17) is 0 Å². The van der Waals surface area contributed by atoms with E-state index in [2.05, 4.69) is 20.8 Å². The van der Waals surface area contributed by atoms with Crippen molar-refractivity contribution >= 4 is 22.7 Å². The summed E-state index contributed by atoms with van der Waals surface area (Å²) in [5.74, 6) is 0. The van der Waals surface area contributed by atoms with Crippen LogP contribution in [-0.2, 0) is 0 Å². The summed E-state index contributed by atoms with van der Waals surface area (Å²) >= 11 is -0.907. The summed E-state index contributed by atoms with van der Waals surface area (Å²) in [4.78, 5) is 0. The van der Waals surface area contributed by atoms with E-state index in [0.717, 1.165) is 0 Å². The van der Waals surface area contributed by atoms with Gasteiger partial charge in [0.2, 0.25) is 0 Å². The van der Waals surface area contributed by atoms with Crippen molar-refractivity contribution in [2.45, 2.75) is 52.0 Å². The summed E-state index contributed by atoms with van der Waals surface area (Å²) in [6.07, 6.45) is 4.38. The molecule has 1 radical (unpaired) electrons. The molecule has 1 nitrogen and oxygen atoms in total. The van der Waals surface area contributed by atoms with Gasteiger partial charge in [-0.05, 0) is 0 Å². The summed E-state index contributed by atoms with van der Waals surface area (Å²) in [6.45, 7) is 7.03. The smallest absolute Gasteiger partial charge is 0.412 e. The molecule has 0 bridgehead atoms. The van der Waals surface area contributed by atoms with Gasteiger partial charge >= 0.3 is 74.7 Å². The second-order valence-electron chi connectivity index (χ2n) is 3.00. The summed E-state index contributed by atoms with van der Waals surface area (Å²) in [6, 6.07) is 0. The van der Waals surface area contributed by atoms with E-state index in [1.54, 1.807) is 11.9 Å². The molecule has 0 unspecified atom stereocenters. The standard InChI is InChI=1S/3C3H7.H2O.Pb/c3*1-3-2;;/h3*1,3H2,2H3;1H2;. The van der Waals surface area contributed by atoms with Gasteiger partial charge in [0, 0.05) is 0 Å². The van der Waals surface area contributed by atoms with Crippen molar-refractivity contribution in [3.63, 3.8) is 0 Å². The van der Waals surface area contributed by atoms with Gasteiger partial charge in [-0.2, -0.15) is 0 Å². The third kappa shape index (κ3) is 8.79. The first-order valence-corrected chi connectivity index (χ1v) is 12.9. The Bertz CT molecular complexity index is 52.3. The fraction of sp³-hybridized carbons (Fsp3) is 1.00. The molecule has 0 aromatic heterocycles. The van der Waals surface area contributed by atoms with Crippen LogP contribution in [-0.4, -0.2) is 28.2 Å². The summed E-state index contributed by atoms with van der Waals surface area (Å²) < 4.78 is 4.98. The van der Waals surface area contributed by atoms with Gasteiger partial charge in [0.1, 0.15) is 0 Å². The SMILES string of the molecule is CC[CH2][Pb]([CH2]CC)[CH2]CC.O.